The van der Waals surface area contributed by atoms with Gasteiger partial charge in [-0.3, -0.25) is 4.79 Å². The number of amides is 1. The fourth-order valence-electron chi connectivity index (χ4n) is 1.73. The number of hydrogen-bond acceptors (Lipinski definition) is 2. The first-order chi connectivity index (χ1) is 8.51. The van der Waals surface area contributed by atoms with Gasteiger partial charge in [-0.05, 0) is 12.0 Å². The van der Waals surface area contributed by atoms with Crippen LogP contribution in [0.4, 0.5) is 0 Å². The van der Waals surface area contributed by atoms with E-state index in [9.17, 15) is 9.90 Å². The van der Waals surface area contributed by atoms with E-state index in [1.807, 2.05) is 44.2 Å². The molecule has 0 saturated carbocycles. The van der Waals surface area contributed by atoms with E-state index in [1.54, 1.807) is 6.08 Å². The van der Waals surface area contributed by atoms with E-state index in [2.05, 4.69) is 11.9 Å². The van der Waals surface area contributed by atoms with Crippen molar-refractivity contribution in [3.05, 3.63) is 48.6 Å². The lowest BCUT2D eigenvalue weighted by Crippen LogP contribution is -2.40. The Morgan fingerprint density at radius 1 is 1.44 bits per heavy atom. The van der Waals surface area contributed by atoms with E-state index in [-0.39, 0.29) is 18.6 Å². The Morgan fingerprint density at radius 2 is 2.06 bits per heavy atom. The molecule has 0 heterocycles. The minimum Gasteiger partial charge on any atom is -0.394 e. The molecule has 0 aliphatic heterocycles. The minimum atomic E-state index is -0.510. The Labute approximate surface area is 109 Å². The summed E-state index contributed by atoms with van der Waals surface area (Å²) in [7, 11) is 0. The van der Waals surface area contributed by atoms with Crippen molar-refractivity contribution in [3.63, 3.8) is 0 Å². The second kappa shape index (κ2) is 6.36. The van der Waals surface area contributed by atoms with Gasteiger partial charge in [0.1, 0.15) is 0 Å². The Balaban J connectivity index is 2.76. The number of aliphatic hydroxyl groups excluding tert-OH is 1. The maximum atomic E-state index is 12.1. The van der Waals surface area contributed by atoms with E-state index in [1.165, 1.54) is 0 Å². The topological polar surface area (TPSA) is 49.3 Å². The number of rotatable bonds is 6. The molecule has 1 amide bonds. The summed E-state index contributed by atoms with van der Waals surface area (Å²) in [6.45, 7) is 7.27. The van der Waals surface area contributed by atoms with Crippen molar-refractivity contribution in [2.45, 2.75) is 26.3 Å². The van der Waals surface area contributed by atoms with Gasteiger partial charge in [0.05, 0.1) is 12.6 Å². The minimum absolute atomic E-state index is 0.0784. The van der Waals surface area contributed by atoms with Crippen LogP contribution in [0, 0.1) is 5.41 Å². The van der Waals surface area contributed by atoms with Crippen molar-refractivity contribution in [2.75, 3.05) is 6.61 Å². The predicted molar refractivity (Wildman–Crippen MR) is 73.0 cm³/mol. The predicted octanol–water partition coefficient (Wildman–Crippen LogP) is 2.44. The van der Waals surface area contributed by atoms with Crippen molar-refractivity contribution in [1.29, 1.82) is 0 Å². The van der Waals surface area contributed by atoms with Gasteiger partial charge >= 0.3 is 0 Å². The molecule has 2 N–H and O–H groups in total. The fraction of sp³-hybridized carbons (Fsp3) is 0.400. The smallest absolute Gasteiger partial charge is 0.226 e. The average molecular weight is 247 g/mol. The van der Waals surface area contributed by atoms with Crippen LogP contribution in [0.3, 0.4) is 0 Å². The van der Waals surface area contributed by atoms with Crippen molar-refractivity contribution >= 4 is 5.91 Å². The van der Waals surface area contributed by atoms with Crippen molar-refractivity contribution in [2.24, 2.45) is 5.41 Å². The Morgan fingerprint density at radius 3 is 2.56 bits per heavy atom. The molecule has 3 heteroatoms. The number of nitrogens with one attached hydrogen (secondary N) is 1. The summed E-state index contributed by atoms with van der Waals surface area (Å²) in [6, 6.07) is 9.10. The third kappa shape index (κ3) is 3.70. The van der Waals surface area contributed by atoms with Crippen LogP contribution >= 0.6 is 0 Å². The maximum Gasteiger partial charge on any atom is 0.226 e. The molecule has 1 aromatic rings. The van der Waals surface area contributed by atoms with E-state index in [4.69, 9.17) is 0 Å². The zero-order valence-electron chi connectivity index (χ0n) is 11.0. The molecule has 1 atom stereocenters. The lowest BCUT2D eigenvalue weighted by Gasteiger charge is -2.25. The van der Waals surface area contributed by atoms with Crippen LogP contribution in [0.15, 0.2) is 43.0 Å². The van der Waals surface area contributed by atoms with Gasteiger partial charge in [0, 0.05) is 5.41 Å². The number of aliphatic hydroxyl groups is 1. The highest BCUT2D eigenvalue weighted by molar-refractivity contribution is 5.82. The first kappa shape index (κ1) is 14.5. The molecule has 0 aliphatic rings. The fourth-order valence-corrected chi connectivity index (χ4v) is 1.73. The zero-order valence-corrected chi connectivity index (χ0v) is 11.0. The highest BCUT2D eigenvalue weighted by Gasteiger charge is 2.28. The van der Waals surface area contributed by atoms with Gasteiger partial charge in [0.15, 0.2) is 0 Å². The number of carbonyl (C=O) groups excluding carboxylic acids is 1. The highest BCUT2D eigenvalue weighted by Crippen LogP contribution is 2.23. The van der Waals surface area contributed by atoms with Gasteiger partial charge in [0.2, 0.25) is 5.91 Å². The molecule has 3 nitrogen and oxygen atoms in total. The Hall–Kier alpha value is -1.61. The van der Waals surface area contributed by atoms with E-state index < -0.39 is 5.41 Å². The average Bonchev–Trinajstić information content (AvgIpc) is 2.36. The van der Waals surface area contributed by atoms with E-state index in [0.29, 0.717) is 6.42 Å². The van der Waals surface area contributed by atoms with Crippen LogP contribution in [0.25, 0.3) is 0 Å². The number of allylic oxidation sites excluding steroid dienone is 1. The van der Waals surface area contributed by atoms with Crippen molar-refractivity contribution in [1.82, 2.24) is 5.32 Å². The number of benzene rings is 1. The SMILES string of the molecule is C=CCC(C)(C)C(=O)NC(CO)c1ccccc1. The molecule has 0 aromatic heterocycles. The lowest BCUT2D eigenvalue weighted by molar-refractivity contribution is -0.130. The van der Waals surface area contributed by atoms with Gasteiger partial charge in [-0.15, -0.1) is 6.58 Å². The molecular weight excluding hydrogens is 226 g/mol. The summed E-state index contributed by atoms with van der Waals surface area (Å²) < 4.78 is 0. The first-order valence-electron chi connectivity index (χ1n) is 6.09. The standard InChI is InChI=1S/C15H21NO2/c1-4-10-15(2,3)14(18)16-13(11-17)12-8-6-5-7-9-12/h4-9,13,17H,1,10-11H2,2-3H3,(H,16,18). The van der Waals surface area contributed by atoms with Crippen LogP contribution in [-0.4, -0.2) is 17.6 Å². The zero-order chi connectivity index (χ0) is 13.6. The molecule has 1 rings (SSSR count). The van der Waals surface area contributed by atoms with Crippen molar-refractivity contribution in [3.8, 4) is 0 Å². The molecule has 0 saturated heterocycles. The van der Waals surface area contributed by atoms with Crippen LogP contribution < -0.4 is 5.32 Å². The first-order valence-corrected chi connectivity index (χ1v) is 6.09. The highest BCUT2D eigenvalue weighted by atomic mass is 16.3. The van der Waals surface area contributed by atoms with Gasteiger partial charge in [-0.25, -0.2) is 0 Å². The molecule has 1 aromatic carbocycles. The quantitative estimate of drug-likeness (QED) is 0.759. The second-order valence-electron chi connectivity index (χ2n) is 5.00. The van der Waals surface area contributed by atoms with E-state index in [0.717, 1.165) is 5.56 Å². The van der Waals surface area contributed by atoms with E-state index >= 15 is 0 Å². The van der Waals surface area contributed by atoms with Crippen LogP contribution in [0.2, 0.25) is 0 Å². The van der Waals surface area contributed by atoms with Gasteiger partial charge in [-0.1, -0.05) is 50.3 Å². The normalized spacial score (nSPS) is 12.8. The van der Waals surface area contributed by atoms with Crippen LogP contribution in [0.1, 0.15) is 31.9 Å². The Kier molecular flexibility index (Phi) is 5.10. The largest absolute Gasteiger partial charge is 0.394 e. The molecule has 18 heavy (non-hydrogen) atoms. The van der Waals surface area contributed by atoms with Crippen LogP contribution in [-0.2, 0) is 4.79 Å². The maximum absolute atomic E-state index is 12.1. The summed E-state index contributed by atoms with van der Waals surface area (Å²) in [5.74, 6) is -0.0784. The molecule has 0 bridgehead atoms. The van der Waals surface area contributed by atoms with Gasteiger partial charge in [-0.2, -0.15) is 0 Å². The molecule has 0 fully saturated rings. The summed E-state index contributed by atoms with van der Waals surface area (Å²) >= 11 is 0. The number of carbonyl (C=O) groups is 1. The summed E-state index contributed by atoms with van der Waals surface area (Å²) in [6.07, 6.45) is 2.34. The second-order valence-corrected chi connectivity index (χ2v) is 5.00. The third-order valence-corrected chi connectivity index (χ3v) is 2.96. The molecule has 0 aliphatic carbocycles. The molecular formula is C15H21NO2. The monoisotopic (exact) mass is 247 g/mol. The summed E-state index contributed by atoms with van der Waals surface area (Å²) in [4.78, 5) is 12.1. The number of hydrogen-bond donors (Lipinski definition) is 2. The molecule has 0 radical (unpaired) electrons. The van der Waals surface area contributed by atoms with Crippen molar-refractivity contribution < 1.29 is 9.90 Å². The van der Waals surface area contributed by atoms with Gasteiger partial charge in [0.25, 0.3) is 0 Å². The summed E-state index contributed by atoms with van der Waals surface area (Å²) in [5.41, 5.74) is 0.395. The third-order valence-electron chi connectivity index (χ3n) is 2.96. The van der Waals surface area contributed by atoms with Crippen LogP contribution in [0.5, 0.6) is 0 Å². The van der Waals surface area contributed by atoms with Gasteiger partial charge < -0.3 is 10.4 Å². The molecule has 98 valence electrons. The Bertz CT molecular complexity index is 398. The lowest BCUT2D eigenvalue weighted by atomic mass is 9.88. The summed E-state index contributed by atoms with van der Waals surface area (Å²) in [5, 5.41) is 12.3. The molecule has 1 unspecified atom stereocenters. The molecule has 0 spiro atoms.